The largest absolute Gasteiger partial charge is 0.378 e. The lowest BCUT2D eigenvalue weighted by Crippen LogP contribution is -2.69. The smallest absolute Gasteiger partial charge is 0.193 e. The molecular weight excluding hydrogens is 338 g/mol. The normalized spacial score (nSPS) is 31.8. The standard InChI is InChI=1S/C22H39N3O2/c1-3-26-20-15-19(22(20)11-6-12-22)24-21(23-2)25-13-9-18(10-14-25)27-16-17-7-4-5-8-17/h17-20H,3-16H2,1-2H3,(H,23,24). The second kappa shape index (κ2) is 8.69. The first kappa shape index (κ1) is 19.5. The molecule has 0 aromatic heterocycles. The molecule has 0 bridgehead atoms. The Labute approximate surface area is 165 Å². The molecule has 5 heteroatoms. The molecule has 4 aliphatic rings. The molecule has 27 heavy (non-hydrogen) atoms. The Balaban J connectivity index is 1.22. The number of aliphatic imine (C=N–C) groups is 1. The van der Waals surface area contributed by atoms with E-state index in [1.165, 1.54) is 44.9 Å². The van der Waals surface area contributed by atoms with Crippen LogP contribution >= 0.6 is 0 Å². The first-order chi connectivity index (χ1) is 13.2. The molecule has 2 unspecified atom stereocenters. The van der Waals surface area contributed by atoms with E-state index in [1.807, 2.05) is 7.05 Å². The summed E-state index contributed by atoms with van der Waals surface area (Å²) in [6, 6.07) is 0.540. The summed E-state index contributed by atoms with van der Waals surface area (Å²) in [5.74, 6) is 1.92. The average Bonchev–Trinajstić information content (AvgIpc) is 3.15. The van der Waals surface area contributed by atoms with Crippen LogP contribution in [-0.4, -0.2) is 62.5 Å². The van der Waals surface area contributed by atoms with Gasteiger partial charge in [-0.3, -0.25) is 4.99 Å². The molecule has 4 fully saturated rings. The second-order valence-corrected chi connectivity index (χ2v) is 9.18. The maximum absolute atomic E-state index is 6.24. The highest BCUT2D eigenvalue weighted by molar-refractivity contribution is 5.80. The summed E-state index contributed by atoms with van der Waals surface area (Å²) in [5.41, 5.74) is 0.384. The van der Waals surface area contributed by atoms with Crippen LogP contribution in [0.2, 0.25) is 0 Å². The van der Waals surface area contributed by atoms with Crippen LogP contribution in [0.1, 0.15) is 71.1 Å². The first-order valence-corrected chi connectivity index (χ1v) is 11.5. The van der Waals surface area contributed by atoms with Gasteiger partial charge in [-0.15, -0.1) is 0 Å². The van der Waals surface area contributed by atoms with Crippen LogP contribution in [0, 0.1) is 11.3 Å². The molecule has 1 aliphatic heterocycles. The number of rotatable bonds is 6. The van der Waals surface area contributed by atoms with Gasteiger partial charge in [0.05, 0.1) is 12.2 Å². The summed E-state index contributed by atoms with van der Waals surface area (Å²) >= 11 is 0. The number of ether oxygens (including phenoxy) is 2. The van der Waals surface area contributed by atoms with E-state index in [0.29, 0.717) is 23.7 Å². The van der Waals surface area contributed by atoms with E-state index in [2.05, 4.69) is 22.1 Å². The van der Waals surface area contributed by atoms with Gasteiger partial charge in [-0.25, -0.2) is 0 Å². The van der Waals surface area contributed by atoms with Crippen molar-refractivity contribution >= 4 is 5.96 Å². The number of hydrogen-bond donors (Lipinski definition) is 1. The fourth-order valence-electron chi connectivity index (χ4n) is 5.78. The first-order valence-electron chi connectivity index (χ1n) is 11.5. The molecule has 1 saturated heterocycles. The lowest BCUT2D eigenvalue weighted by atomic mass is 9.51. The fourth-order valence-corrected chi connectivity index (χ4v) is 5.78. The Bertz CT molecular complexity index is 506. The molecule has 0 amide bonds. The van der Waals surface area contributed by atoms with E-state index in [-0.39, 0.29) is 0 Å². The molecule has 1 N–H and O–H groups in total. The Kier molecular flexibility index (Phi) is 6.28. The van der Waals surface area contributed by atoms with Crippen LogP contribution in [0.15, 0.2) is 4.99 Å². The molecule has 0 aromatic carbocycles. The van der Waals surface area contributed by atoms with E-state index in [0.717, 1.165) is 57.4 Å². The Morgan fingerprint density at radius 3 is 2.41 bits per heavy atom. The van der Waals surface area contributed by atoms with Gasteiger partial charge in [-0.2, -0.15) is 0 Å². The predicted molar refractivity (Wildman–Crippen MR) is 109 cm³/mol. The van der Waals surface area contributed by atoms with Crippen LogP contribution in [0.25, 0.3) is 0 Å². The van der Waals surface area contributed by atoms with Gasteiger partial charge in [0.25, 0.3) is 0 Å². The van der Waals surface area contributed by atoms with Crippen LogP contribution < -0.4 is 5.32 Å². The van der Waals surface area contributed by atoms with Crippen molar-refractivity contribution in [1.29, 1.82) is 0 Å². The zero-order chi connectivity index (χ0) is 18.7. The van der Waals surface area contributed by atoms with Gasteiger partial charge in [0.1, 0.15) is 0 Å². The minimum atomic E-state index is 0.384. The molecule has 5 nitrogen and oxygen atoms in total. The quantitative estimate of drug-likeness (QED) is 0.568. The molecular formula is C22H39N3O2. The van der Waals surface area contributed by atoms with Gasteiger partial charge < -0.3 is 19.7 Å². The van der Waals surface area contributed by atoms with Crippen LogP contribution in [0.5, 0.6) is 0 Å². The molecule has 154 valence electrons. The zero-order valence-electron chi connectivity index (χ0n) is 17.4. The van der Waals surface area contributed by atoms with E-state index in [4.69, 9.17) is 9.47 Å². The second-order valence-electron chi connectivity index (χ2n) is 9.18. The predicted octanol–water partition coefficient (Wildman–Crippen LogP) is 3.58. The molecule has 0 radical (unpaired) electrons. The van der Waals surface area contributed by atoms with Gasteiger partial charge in [0, 0.05) is 44.8 Å². The van der Waals surface area contributed by atoms with Crippen molar-refractivity contribution in [3.05, 3.63) is 0 Å². The van der Waals surface area contributed by atoms with Crippen molar-refractivity contribution in [2.75, 3.05) is 33.4 Å². The van der Waals surface area contributed by atoms with E-state index in [1.54, 1.807) is 0 Å². The number of guanidine groups is 1. The average molecular weight is 378 g/mol. The highest BCUT2D eigenvalue weighted by atomic mass is 16.5. The summed E-state index contributed by atoms with van der Waals surface area (Å²) in [7, 11) is 1.93. The van der Waals surface area contributed by atoms with Gasteiger partial charge in [0.2, 0.25) is 0 Å². The fraction of sp³-hybridized carbons (Fsp3) is 0.955. The minimum absolute atomic E-state index is 0.384. The number of nitrogens with one attached hydrogen (secondary N) is 1. The van der Waals surface area contributed by atoms with E-state index in [9.17, 15) is 0 Å². The Morgan fingerprint density at radius 1 is 1.07 bits per heavy atom. The van der Waals surface area contributed by atoms with Crippen LogP contribution in [0.3, 0.4) is 0 Å². The van der Waals surface area contributed by atoms with Crippen molar-refractivity contribution in [2.24, 2.45) is 16.3 Å². The molecule has 3 saturated carbocycles. The van der Waals surface area contributed by atoms with Gasteiger partial charge in [-0.1, -0.05) is 19.3 Å². The highest BCUT2D eigenvalue weighted by Gasteiger charge is 2.59. The number of hydrogen-bond acceptors (Lipinski definition) is 3. The van der Waals surface area contributed by atoms with Crippen LogP contribution in [-0.2, 0) is 9.47 Å². The minimum Gasteiger partial charge on any atom is -0.378 e. The van der Waals surface area contributed by atoms with E-state index < -0.39 is 0 Å². The summed E-state index contributed by atoms with van der Waals surface area (Å²) in [6.07, 6.45) is 13.8. The lowest BCUT2D eigenvalue weighted by molar-refractivity contribution is -0.169. The summed E-state index contributed by atoms with van der Waals surface area (Å²) in [4.78, 5) is 7.05. The summed E-state index contributed by atoms with van der Waals surface area (Å²) in [6.45, 7) is 6.06. The third kappa shape index (κ3) is 4.00. The van der Waals surface area contributed by atoms with Crippen molar-refractivity contribution < 1.29 is 9.47 Å². The van der Waals surface area contributed by atoms with Gasteiger partial charge >= 0.3 is 0 Å². The number of nitrogens with zero attached hydrogens (tertiary/aromatic N) is 2. The van der Waals surface area contributed by atoms with Crippen molar-refractivity contribution in [1.82, 2.24) is 10.2 Å². The molecule has 1 spiro atoms. The van der Waals surface area contributed by atoms with Crippen molar-refractivity contribution in [3.63, 3.8) is 0 Å². The number of likely N-dealkylation sites (tertiary alicyclic amines) is 1. The number of piperidine rings is 1. The summed E-state index contributed by atoms with van der Waals surface area (Å²) < 4.78 is 12.2. The van der Waals surface area contributed by atoms with Gasteiger partial charge in [-0.05, 0) is 57.8 Å². The molecule has 0 aromatic rings. The Morgan fingerprint density at radius 2 is 1.81 bits per heavy atom. The zero-order valence-corrected chi connectivity index (χ0v) is 17.4. The SMILES string of the molecule is CCOC1CC(NC(=NC)N2CCC(OCC3CCCC3)CC2)C12CCC2. The topological polar surface area (TPSA) is 46.1 Å². The molecule has 3 aliphatic carbocycles. The third-order valence-electron chi connectivity index (χ3n) is 7.74. The van der Waals surface area contributed by atoms with Crippen LogP contribution in [0.4, 0.5) is 0 Å². The molecule has 4 rings (SSSR count). The monoisotopic (exact) mass is 377 g/mol. The lowest BCUT2D eigenvalue weighted by Gasteiger charge is -2.61. The molecule has 1 heterocycles. The van der Waals surface area contributed by atoms with Crippen molar-refractivity contribution in [3.8, 4) is 0 Å². The Hall–Kier alpha value is -0.810. The van der Waals surface area contributed by atoms with Crippen molar-refractivity contribution in [2.45, 2.75) is 89.4 Å². The summed E-state index contributed by atoms with van der Waals surface area (Å²) in [5, 5.41) is 3.80. The molecule has 2 atom stereocenters. The van der Waals surface area contributed by atoms with E-state index >= 15 is 0 Å². The highest BCUT2D eigenvalue weighted by Crippen LogP contribution is 2.57. The van der Waals surface area contributed by atoms with Gasteiger partial charge in [0.15, 0.2) is 5.96 Å². The maximum atomic E-state index is 6.24. The maximum Gasteiger partial charge on any atom is 0.193 e. The third-order valence-corrected chi connectivity index (χ3v) is 7.74.